The summed E-state index contributed by atoms with van der Waals surface area (Å²) in [7, 11) is 0. The van der Waals surface area contributed by atoms with Crippen molar-refractivity contribution in [3.8, 4) is 0 Å². The Balaban J connectivity index is 2.82. The van der Waals surface area contributed by atoms with Crippen LogP contribution in [-0.2, 0) is 0 Å². The van der Waals surface area contributed by atoms with Crippen LogP contribution in [0.15, 0.2) is 30.3 Å². The van der Waals surface area contributed by atoms with Gasteiger partial charge in [-0.3, -0.25) is 0 Å². The summed E-state index contributed by atoms with van der Waals surface area (Å²) in [5.74, 6) is 0. The lowest BCUT2D eigenvalue weighted by Crippen LogP contribution is -2.34. The quantitative estimate of drug-likeness (QED) is 0.456. The van der Waals surface area contributed by atoms with Crippen LogP contribution >= 0.6 is 32.9 Å². The molecule has 0 nitrogen and oxygen atoms in total. The predicted octanol–water partition coefficient (Wildman–Crippen LogP) is 3.42. The average molecular weight is 311 g/mol. The van der Waals surface area contributed by atoms with Gasteiger partial charge >= 0.3 is 0 Å². The van der Waals surface area contributed by atoms with Crippen LogP contribution in [0.2, 0.25) is 6.04 Å². The SMILES string of the molecule is CCC[Si](Cl)(I)c1ccccc1. The van der Waals surface area contributed by atoms with Gasteiger partial charge in [-0.15, -0.1) is 11.1 Å². The molecule has 0 spiro atoms. The first-order valence-electron chi connectivity index (χ1n) is 4.10. The van der Waals surface area contributed by atoms with E-state index in [1.54, 1.807) is 0 Å². The van der Waals surface area contributed by atoms with Crippen molar-refractivity contribution in [1.82, 2.24) is 0 Å². The molecule has 1 aromatic carbocycles. The second-order valence-corrected chi connectivity index (χ2v) is 14.7. The Kier molecular flexibility index (Phi) is 4.06. The molecule has 0 N–H and O–H groups in total. The first-order chi connectivity index (χ1) is 5.67. The monoisotopic (exact) mass is 310 g/mol. The van der Waals surface area contributed by atoms with Gasteiger partial charge in [0.25, 0.3) is 4.88 Å². The number of rotatable bonds is 3. The third-order valence-corrected chi connectivity index (χ3v) is 8.77. The van der Waals surface area contributed by atoms with E-state index in [0.717, 1.165) is 6.04 Å². The van der Waals surface area contributed by atoms with E-state index in [2.05, 4.69) is 53.0 Å². The zero-order valence-electron chi connectivity index (χ0n) is 7.06. The largest absolute Gasteiger partial charge is 0.251 e. The Morgan fingerprint density at radius 3 is 2.42 bits per heavy atom. The molecule has 1 rings (SSSR count). The molecule has 0 fully saturated rings. The Morgan fingerprint density at radius 2 is 1.92 bits per heavy atom. The van der Waals surface area contributed by atoms with Crippen LogP contribution in [0.5, 0.6) is 0 Å². The predicted molar refractivity (Wildman–Crippen MR) is 66.8 cm³/mol. The zero-order valence-corrected chi connectivity index (χ0v) is 11.0. The van der Waals surface area contributed by atoms with E-state index in [1.807, 2.05) is 6.07 Å². The van der Waals surface area contributed by atoms with Crippen molar-refractivity contribution < 1.29 is 0 Å². The van der Waals surface area contributed by atoms with E-state index in [0.29, 0.717) is 0 Å². The van der Waals surface area contributed by atoms with Crippen LogP contribution in [0, 0.1) is 0 Å². The first kappa shape index (κ1) is 10.5. The highest BCUT2D eigenvalue weighted by atomic mass is 127. The van der Waals surface area contributed by atoms with Gasteiger partial charge in [0.2, 0.25) is 0 Å². The maximum atomic E-state index is 6.49. The summed E-state index contributed by atoms with van der Waals surface area (Å²) in [5.41, 5.74) is 0. The fourth-order valence-electron chi connectivity index (χ4n) is 1.14. The third kappa shape index (κ3) is 2.75. The maximum Gasteiger partial charge on any atom is 0.251 e. The van der Waals surface area contributed by atoms with Crippen LogP contribution in [-0.4, -0.2) is 4.88 Å². The van der Waals surface area contributed by atoms with Crippen LogP contribution < -0.4 is 5.19 Å². The highest BCUT2D eigenvalue weighted by molar-refractivity contribution is 14.1. The van der Waals surface area contributed by atoms with Gasteiger partial charge in [-0.2, -0.15) is 0 Å². The van der Waals surface area contributed by atoms with Gasteiger partial charge in [-0.05, 0) is 11.2 Å². The molecule has 1 atom stereocenters. The van der Waals surface area contributed by atoms with E-state index in [1.165, 1.54) is 11.6 Å². The third-order valence-electron chi connectivity index (χ3n) is 1.76. The Labute approximate surface area is 92.3 Å². The van der Waals surface area contributed by atoms with Gasteiger partial charge in [0.15, 0.2) is 0 Å². The van der Waals surface area contributed by atoms with Gasteiger partial charge in [-0.1, -0.05) is 65.5 Å². The number of hydrogen-bond donors (Lipinski definition) is 0. The Hall–Kier alpha value is 0.457. The standard InChI is InChI=1S/C9H12ClISi/c1-2-8-12(10,11)9-6-4-3-5-7-9/h3-7H,2,8H2,1H3. The zero-order chi connectivity index (χ0) is 9.03. The van der Waals surface area contributed by atoms with Crippen molar-refractivity contribution in [1.29, 1.82) is 0 Å². The molecular formula is C9H12ClISi. The second-order valence-electron chi connectivity index (χ2n) is 2.82. The minimum atomic E-state index is -1.64. The van der Waals surface area contributed by atoms with Crippen LogP contribution in [0.25, 0.3) is 0 Å². The van der Waals surface area contributed by atoms with E-state index in [4.69, 9.17) is 11.1 Å². The van der Waals surface area contributed by atoms with Crippen molar-refractivity contribution >= 4 is 42.9 Å². The van der Waals surface area contributed by atoms with E-state index < -0.39 is 4.88 Å². The number of hydrogen-bond acceptors (Lipinski definition) is 0. The van der Waals surface area contributed by atoms with Crippen LogP contribution in [0.1, 0.15) is 13.3 Å². The molecule has 3 heteroatoms. The van der Waals surface area contributed by atoms with Crippen molar-refractivity contribution in [2.75, 3.05) is 0 Å². The molecule has 0 aliphatic carbocycles. The lowest BCUT2D eigenvalue weighted by Gasteiger charge is -2.16. The average Bonchev–Trinajstić information content (AvgIpc) is 2.06. The highest BCUT2D eigenvalue weighted by Gasteiger charge is 2.27. The molecule has 12 heavy (non-hydrogen) atoms. The minimum absolute atomic E-state index is 1.15. The molecule has 0 saturated carbocycles. The van der Waals surface area contributed by atoms with Gasteiger partial charge in [0.1, 0.15) is 0 Å². The molecule has 0 aliphatic heterocycles. The summed E-state index contributed by atoms with van der Waals surface area (Å²) in [6.45, 7) is 2.19. The topological polar surface area (TPSA) is 0 Å². The lowest BCUT2D eigenvalue weighted by molar-refractivity contribution is 1.07. The number of halogens is 2. The summed E-state index contributed by atoms with van der Waals surface area (Å²) >= 11 is 8.93. The van der Waals surface area contributed by atoms with Gasteiger partial charge in [0.05, 0.1) is 0 Å². The van der Waals surface area contributed by atoms with Crippen LogP contribution in [0.3, 0.4) is 0 Å². The molecule has 0 aromatic heterocycles. The van der Waals surface area contributed by atoms with E-state index >= 15 is 0 Å². The van der Waals surface area contributed by atoms with E-state index in [9.17, 15) is 0 Å². The molecule has 0 bridgehead atoms. The molecule has 0 heterocycles. The van der Waals surface area contributed by atoms with E-state index in [-0.39, 0.29) is 0 Å². The molecule has 0 amide bonds. The fraction of sp³-hybridized carbons (Fsp3) is 0.333. The summed E-state index contributed by atoms with van der Waals surface area (Å²) < 4.78 is 0. The lowest BCUT2D eigenvalue weighted by atomic mass is 10.4. The van der Waals surface area contributed by atoms with Gasteiger partial charge in [0, 0.05) is 0 Å². The summed E-state index contributed by atoms with van der Waals surface area (Å²) in [4.78, 5) is -1.64. The fourth-order valence-corrected chi connectivity index (χ4v) is 6.38. The highest BCUT2D eigenvalue weighted by Crippen LogP contribution is 2.24. The number of benzene rings is 1. The minimum Gasteiger partial charge on any atom is -0.147 e. The maximum absolute atomic E-state index is 6.49. The molecule has 0 aliphatic rings. The van der Waals surface area contributed by atoms with Crippen molar-refractivity contribution in [3.05, 3.63) is 30.3 Å². The van der Waals surface area contributed by atoms with Crippen molar-refractivity contribution in [3.63, 3.8) is 0 Å². The Bertz CT molecular complexity index is 236. The molecular weight excluding hydrogens is 299 g/mol. The van der Waals surface area contributed by atoms with Crippen LogP contribution in [0.4, 0.5) is 0 Å². The first-order valence-corrected chi connectivity index (χ1v) is 10.4. The van der Waals surface area contributed by atoms with Gasteiger partial charge in [-0.25, -0.2) is 0 Å². The molecule has 1 unspecified atom stereocenters. The smallest absolute Gasteiger partial charge is 0.147 e. The summed E-state index contributed by atoms with van der Waals surface area (Å²) in [5, 5.41) is 1.34. The summed E-state index contributed by atoms with van der Waals surface area (Å²) in [6, 6.07) is 11.6. The van der Waals surface area contributed by atoms with Crippen molar-refractivity contribution in [2.45, 2.75) is 19.4 Å². The molecule has 66 valence electrons. The second kappa shape index (κ2) is 4.63. The van der Waals surface area contributed by atoms with Gasteiger partial charge < -0.3 is 0 Å². The normalized spacial score (nSPS) is 15.6. The summed E-state index contributed by atoms with van der Waals surface area (Å²) in [6.07, 6.45) is 1.17. The Morgan fingerprint density at radius 1 is 1.33 bits per heavy atom. The van der Waals surface area contributed by atoms with Crippen molar-refractivity contribution in [2.24, 2.45) is 0 Å². The molecule has 0 saturated heterocycles. The molecule has 0 radical (unpaired) electrons. The molecule has 1 aromatic rings.